The fourth-order valence-electron chi connectivity index (χ4n) is 2.26. The maximum Gasteiger partial charge on any atom is 0.226 e. The molecule has 0 radical (unpaired) electrons. The van der Waals surface area contributed by atoms with Crippen LogP contribution >= 0.6 is 0 Å². The van der Waals surface area contributed by atoms with E-state index in [0.717, 1.165) is 5.69 Å². The van der Waals surface area contributed by atoms with Crippen molar-refractivity contribution in [2.75, 3.05) is 11.9 Å². The van der Waals surface area contributed by atoms with E-state index in [1.165, 1.54) is 32.1 Å². The Morgan fingerprint density at radius 1 is 1.29 bits per heavy atom. The number of anilines is 1. The molecule has 0 atom stereocenters. The van der Waals surface area contributed by atoms with Crippen molar-refractivity contribution in [1.29, 1.82) is 0 Å². The maximum atomic E-state index is 5.43. The number of hydrogen-bond donors (Lipinski definition) is 1. The molecule has 0 amide bonds. The first-order valence-electron chi connectivity index (χ1n) is 6.53. The second-order valence-electron chi connectivity index (χ2n) is 4.58. The van der Waals surface area contributed by atoms with Gasteiger partial charge in [-0.05, 0) is 26.7 Å². The van der Waals surface area contributed by atoms with Crippen LogP contribution < -0.4 is 10.1 Å². The Balaban J connectivity index is 2.03. The molecular weight excluding hydrogens is 214 g/mol. The number of nitrogens with one attached hydrogen (secondary N) is 1. The van der Waals surface area contributed by atoms with Crippen LogP contribution in [0.4, 0.5) is 5.95 Å². The van der Waals surface area contributed by atoms with Crippen molar-refractivity contribution in [2.24, 2.45) is 0 Å². The minimum absolute atomic E-state index is 0.528. The average molecular weight is 235 g/mol. The van der Waals surface area contributed by atoms with Crippen LogP contribution in [0, 0.1) is 6.92 Å². The Hall–Kier alpha value is -1.32. The zero-order valence-corrected chi connectivity index (χ0v) is 10.7. The molecule has 0 unspecified atom stereocenters. The van der Waals surface area contributed by atoms with Crippen LogP contribution in [0.3, 0.4) is 0 Å². The predicted octanol–water partition coefficient (Wildman–Crippen LogP) is 2.93. The quantitative estimate of drug-likeness (QED) is 0.871. The van der Waals surface area contributed by atoms with Gasteiger partial charge < -0.3 is 10.1 Å². The summed E-state index contributed by atoms with van der Waals surface area (Å²) in [6, 6.07) is 2.40. The topological polar surface area (TPSA) is 47.0 Å². The highest BCUT2D eigenvalue weighted by Crippen LogP contribution is 2.21. The van der Waals surface area contributed by atoms with Gasteiger partial charge in [0, 0.05) is 17.8 Å². The molecule has 1 aromatic heterocycles. The number of hydrogen-bond acceptors (Lipinski definition) is 4. The van der Waals surface area contributed by atoms with Crippen LogP contribution in [0.1, 0.15) is 44.7 Å². The third kappa shape index (κ3) is 3.58. The first-order valence-corrected chi connectivity index (χ1v) is 6.53. The molecule has 17 heavy (non-hydrogen) atoms. The second kappa shape index (κ2) is 5.84. The van der Waals surface area contributed by atoms with Gasteiger partial charge in [-0.1, -0.05) is 19.3 Å². The van der Waals surface area contributed by atoms with Gasteiger partial charge >= 0.3 is 0 Å². The van der Waals surface area contributed by atoms with E-state index >= 15 is 0 Å². The molecule has 2 rings (SSSR count). The van der Waals surface area contributed by atoms with Gasteiger partial charge in [-0.3, -0.25) is 0 Å². The lowest BCUT2D eigenvalue weighted by molar-refractivity contribution is 0.326. The van der Waals surface area contributed by atoms with Gasteiger partial charge in [0.25, 0.3) is 0 Å². The minimum atomic E-state index is 0.528. The molecule has 1 heterocycles. The molecule has 0 spiro atoms. The monoisotopic (exact) mass is 235 g/mol. The number of aromatic nitrogens is 2. The van der Waals surface area contributed by atoms with Crippen molar-refractivity contribution in [3.05, 3.63) is 11.8 Å². The van der Waals surface area contributed by atoms with Crippen LogP contribution in [0.5, 0.6) is 5.88 Å². The van der Waals surface area contributed by atoms with Gasteiger partial charge in [-0.15, -0.1) is 0 Å². The third-order valence-corrected chi connectivity index (χ3v) is 3.06. The fraction of sp³-hybridized carbons (Fsp3) is 0.692. The van der Waals surface area contributed by atoms with Gasteiger partial charge in [0.1, 0.15) is 0 Å². The largest absolute Gasteiger partial charge is 0.478 e. The van der Waals surface area contributed by atoms with Crippen LogP contribution in [0.25, 0.3) is 0 Å². The predicted molar refractivity (Wildman–Crippen MR) is 68.4 cm³/mol. The fourth-order valence-corrected chi connectivity index (χ4v) is 2.26. The highest BCUT2D eigenvalue weighted by Gasteiger charge is 2.14. The Morgan fingerprint density at radius 2 is 2.06 bits per heavy atom. The number of aryl methyl sites for hydroxylation is 1. The summed E-state index contributed by atoms with van der Waals surface area (Å²) in [5.41, 5.74) is 0.946. The molecule has 1 N–H and O–H groups in total. The van der Waals surface area contributed by atoms with Gasteiger partial charge in [-0.25, -0.2) is 4.98 Å². The lowest BCUT2D eigenvalue weighted by atomic mass is 9.96. The zero-order chi connectivity index (χ0) is 12.1. The van der Waals surface area contributed by atoms with E-state index in [-0.39, 0.29) is 0 Å². The molecule has 1 saturated carbocycles. The molecule has 4 nitrogen and oxygen atoms in total. The van der Waals surface area contributed by atoms with Crippen molar-refractivity contribution in [3.8, 4) is 5.88 Å². The van der Waals surface area contributed by atoms with Crippen molar-refractivity contribution in [3.63, 3.8) is 0 Å². The summed E-state index contributed by atoms with van der Waals surface area (Å²) < 4.78 is 5.43. The molecule has 0 bridgehead atoms. The highest BCUT2D eigenvalue weighted by atomic mass is 16.5. The number of rotatable bonds is 4. The zero-order valence-electron chi connectivity index (χ0n) is 10.7. The third-order valence-electron chi connectivity index (χ3n) is 3.06. The number of nitrogens with zero attached hydrogens (tertiary/aromatic N) is 2. The van der Waals surface area contributed by atoms with Crippen LogP contribution in [0.15, 0.2) is 6.07 Å². The average Bonchev–Trinajstić information content (AvgIpc) is 2.30. The summed E-state index contributed by atoms with van der Waals surface area (Å²) >= 11 is 0. The first kappa shape index (κ1) is 12.1. The maximum absolute atomic E-state index is 5.43. The molecule has 94 valence electrons. The van der Waals surface area contributed by atoms with Crippen LogP contribution in [-0.4, -0.2) is 22.6 Å². The SMILES string of the molecule is CCOc1cc(C)nc(NC2CCCCC2)n1. The summed E-state index contributed by atoms with van der Waals surface area (Å²) in [4.78, 5) is 8.78. The summed E-state index contributed by atoms with van der Waals surface area (Å²) in [7, 11) is 0. The summed E-state index contributed by atoms with van der Waals surface area (Å²) in [5.74, 6) is 1.37. The standard InChI is InChI=1S/C13H21N3O/c1-3-17-12-9-10(2)14-13(16-12)15-11-7-5-4-6-8-11/h9,11H,3-8H2,1-2H3,(H,14,15,16). The van der Waals surface area contributed by atoms with Crippen molar-refractivity contribution in [2.45, 2.75) is 52.0 Å². The van der Waals surface area contributed by atoms with Crippen molar-refractivity contribution < 1.29 is 4.74 Å². The number of ether oxygens (including phenoxy) is 1. The van der Waals surface area contributed by atoms with Crippen LogP contribution in [0.2, 0.25) is 0 Å². The Kier molecular flexibility index (Phi) is 4.18. The summed E-state index contributed by atoms with van der Waals surface area (Å²) in [5, 5.41) is 3.42. The molecule has 1 aromatic rings. The van der Waals surface area contributed by atoms with E-state index in [9.17, 15) is 0 Å². The van der Waals surface area contributed by atoms with E-state index in [4.69, 9.17) is 4.74 Å². The minimum Gasteiger partial charge on any atom is -0.478 e. The van der Waals surface area contributed by atoms with Gasteiger partial charge in [0.05, 0.1) is 6.61 Å². The van der Waals surface area contributed by atoms with Gasteiger partial charge in [-0.2, -0.15) is 4.98 Å². The lowest BCUT2D eigenvalue weighted by Crippen LogP contribution is -2.23. The van der Waals surface area contributed by atoms with Crippen molar-refractivity contribution >= 4 is 5.95 Å². The van der Waals surface area contributed by atoms with E-state index in [1.54, 1.807) is 0 Å². The molecule has 0 saturated heterocycles. The molecule has 1 fully saturated rings. The normalized spacial score (nSPS) is 16.8. The Labute approximate surface area is 103 Å². The molecule has 1 aliphatic rings. The van der Waals surface area contributed by atoms with E-state index in [2.05, 4.69) is 15.3 Å². The second-order valence-corrected chi connectivity index (χ2v) is 4.58. The lowest BCUT2D eigenvalue weighted by Gasteiger charge is -2.22. The Morgan fingerprint density at radius 3 is 2.76 bits per heavy atom. The molecule has 0 aliphatic heterocycles. The van der Waals surface area contributed by atoms with E-state index in [1.807, 2.05) is 19.9 Å². The Bertz CT molecular complexity index is 362. The molecule has 0 aromatic carbocycles. The van der Waals surface area contributed by atoms with Gasteiger partial charge in [0.15, 0.2) is 0 Å². The van der Waals surface area contributed by atoms with E-state index in [0.29, 0.717) is 24.5 Å². The highest BCUT2D eigenvalue weighted by molar-refractivity contribution is 5.31. The van der Waals surface area contributed by atoms with Crippen molar-refractivity contribution in [1.82, 2.24) is 9.97 Å². The molecule has 1 aliphatic carbocycles. The molecular formula is C13H21N3O. The van der Waals surface area contributed by atoms with E-state index < -0.39 is 0 Å². The summed E-state index contributed by atoms with van der Waals surface area (Å²) in [6.07, 6.45) is 6.42. The smallest absolute Gasteiger partial charge is 0.226 e. The van der Waals surface area contributed by atoms with Gasteiger partial charge in [0.2, 0.25) is 11.8 Å². The first-order chi connectivity index (χ1) is 8.28. The van der Waals surface area contributed by atoms with Crippen LogP contribution in [-0.2, 0) is 0 Å². The summed E-state index contributed by atoms with van der Waals surface area (Å²) in [6.45, 7) is 4.57. The molecule has 4 heteroatoms.